The Labute approximate surface area is 81.9 Å². The van der Waals surface area contributed by atoms with Gasteiger partial charge in [-0.05, 0) is 38.1 Å². The quantitative estimate of drug-likeness (QED) is 0.723. The average molecular weight is 185 g/mol. The Bertz CT molecular complexity index is 156. The van der Waals surface area contributed by atoms with Crippen LogP contribution < -0.4 is 0 Å². The van der Waals surface area contributed by atoms with Crippen LogP contribution in [-0.2, 0) is 0 Å². The fraction of sp³-hybridized carbons (Fsp3) is 1.00. The second-order valence-corrected chi connectivity index (χ2v) is 5.10. The van der Waals surface area contributed by atoms with Gasteiger partial charge in [0.1, 0.15) is 0 Å². The maximum Gasteiger partial charge on any atom is 0.0436 e. The van der Waals surface area contributed by atoms with Gasteiger partial charge in [-0.25, -0.2) is 0 Å². The summed E-state index contributed by atoms with van der Waals surface area (Å²) in [7, 11) is 0. The van der Waals surface area contributed by atoms with E-state index in [1.807, 2.05) is 0 Å². The molecule has 1 N–H and O–H groups in total. The zero-order chi connectivity index (χ0) is 9.90. The van der Waals surface area contributed by atoms with Crippen LogP contribution in [0.3, 0.4) is 0 Å². The maximum atomic E-state index is 8.92. The summed E-state index contributed by atoms with van der Waals surface area (Å²) in [6.07, 6.45) is 3.60. The molecule has 0 spiro atoms. The van der Waals surface area contributed by atoms with Crippen molar-refractivity contribution in [3.8, 4) is 0 Å². The van der Waals surface area contributed by atoms with E-state index in [4.69, 9.17) is 5.11 Å². The molecule has 2 heteroatoms. The van der Waals surface area contributed by atoms with Gasteiger partial charge in [0.25, 0.3) is 0 Å². The van der Waals surface area contributed by atoms with Crippen LogP contribution in [0.15, 0.2) is 0 Å². The Hall–Kier alpha value is -0.0800. The Morgan fingerprint density at radius 3 is 2.62 bits per heavy atom. The molecule has 1 rings (SSSR count). The van der Waals surface area contributed by atoms with Crippen LogP contribution in [0.4, 0.5) is 0 Å². The van der Waals surface area contributed by atoms with Crippen molar-refractivity contribution in [3.63, 3.8) is 0 Å². The summed E-state index contributed by atoms with van der Waals surface area (Å²) in [6, 6.07) is 0.748. The van der Waals surface area contributed by atoms with Crippen molar-refractivity contribution in [2.75, 3.05) is 19.7 Å². The van der Waals surface area contributed by atoms with E-state index in [1.165, 1.54) is 19.4 Å². The molecule has 1 aliphatic rings. The van der Waals surface area contributed by atoms with Crippen molar-refractivity contribution >= 4 is 0 Å². The predicted octanol–water partition coefficient (Wildman–Crippen LogP) is 1.88. The first-order valence-electron chi connectivity index (χ1n) is 5.40. The van der Waals surface area contributed by atoms with Gasteiger partial charge in [0.15, 0.2) is 0 Å². The third kappa shape index (κ3) is 3.28. The SMILES string of the molecule is CC1CCCN1CC(C)(C)CCO. The number of hydrogen-bond donors (Lipinski definition) is 1. The zero-order valence-corrected chi connectivity index (χ0v) is 9.21. The summed E-state index contributed by atoms with van der Waals surface area (Å²) >= 11 is 0. The van der Waals surface area contributed by atoms with Crippen molar-refractivity contribution in [1.82, 2.24) is 4.90 Å². The van der Waals surface area contributed by atoms with E-state index in [1.54, 1.807) is 0 Å². The second kappa shape index (κ2) is 4.43. The van der Waals surface area contributed by atoms with Gasteiger partial charge in [0.05, 0.1) is 0 Å². The van der Waals surface area contributed by atoms with Crippen LogP contribution in [0.1, 0.15) is 40.0 Å². The smallest absolute Gasteiger partial charge is 0.0436 e. The van der Waals surface area contributed by atoms with E-state index < -0.39 is 0 Å². The lowest BCUT2D eigenvalue weighted by atomic mass is 9.89. The van der Waals surface area contributed by atoms with Crippen LogP contribution in [0.2, 0.25) is 0 Å². The molecule has 1 heterocycles. The largest absolute Gasteiger partial charge is 0.396 e. The van der Waals surface area contributed by atoms with Gasteiger partial charge in [0, 0.05) is 19.2 Å². The molecular weight excluding hydrogens is 162 g/mol. The topological polar surface area (TPSA) is 23.5 Å². The van der Waals surface area contributed by atoms with E-state index in [2.05, 4.69) is 25.7 Å². The molecule has 0 radical (unpaired) electrons. The van der Waals surface area contributed by atoms with Gasteiger partial charge in [-0.15, -0.1) is 0 Å². The van der Waals surface area contributed by atoms with Crippen LogP contribution in [0, 0.1) is 5.41 Å². The van der Waals surface area contributed by atoms with Crippen molar-refractivity contribution in [2.24, 2.45) is 5.41 Å². The molecule has 78 valence electrons. The number of aliphatic hydroxyl groups is 1. The molecule has 1 saturated heterocycles. The highest BCUT2D eigenvalue weighted by Gasteiger charge is 2.27. The van der Waals surface area contributed by atoms with Crippen molar-refractivity contribution in [2.45, 2.75) is 46.1 Å². The third-order valence-corrected chi connectivity index (χ3v) is 3.11. The Morgan fingerprint density at radius 1 is 1.46 bits per heavy atom. The minimum Gasteiger partial charge on any atom is -0.396 e. The standard InChI is InChI=1S/C11H23NO/c1-10-5-4-7-12(10)9-11(2,3)6-8-13/h10,13H,4-9H2,1-3H3. The number of hydrogen-bond acceptors (Lipinski definition) is 2. The van der Waals surface area contributed by atoms with Crippen LogP contribution in [-0.4, -0.2) is 35.7 Å². The van der Waals surface area contributed by atoms with E-state index in [0.717, 1.165) is 19.0 Å². The highest BCUT2D eigenvalue weighted by molar-refractivity contribution is 4.81. The Balaban J connectivity index is 2.37. The van der Waals surface area contributed by atoms with Gasteiger partial charge < -0.3 is 10.0 Å². The number of rotatable bonds is 4. The van der Waals surface area contributed by atoms with E-state index in [9.17, 15) is 0 Å². The van der Waals surface area contributed by atoms with Crippen LogP contribution in [0.5, 0.6) is 0 Å². The van der Waals surface area contributed by atoms with Gasteiger partial charge in [-0.2, -0.15) is 0 Å². The molecule has 0 amide bonds. The summed E-state index contributed by atoms with van der Waals surface area (Å²) in [6.45, 7) is 9.49. The molecule has 0 aromatic heterocycles. The molecule has 0 aromatic carbocycles. The van der Waals surface area contributed by atoms with Gasteiger partial charge >= 0.3 is 0 Å². The Kier molecular flexibility index (Phi) is 3.74. The zero-order valence-electron chi connectivity index (χ0n) is 9.21. The summed E-state index contributed by atoms with van der Waals surface area (Å²) in [5.74, 6) is 0. The highest BCUT2D eigenvalue weighted by atomic mass is 16.3. The fourth-order valence-corrected chi connectivity index (χ4v) is 2.16. The monoisotopic (exact) mass is 185 g/mol. The normalized spacial score (nSPS) is 25.4. The summed E-state index contributed by atoms with van der Waals surface area (Å²) in [5, 5.41) is 8.92. The molecule has 1 fully saturated rings. The number of aliphatic hydroxyl groups excluding tert-OH is 1. The minimum absolute atomic E-state index is 0.271. The molecule has 1 atom stereocenters. The molecule has 0 saturated carbocycles. The second-order valence-electron chi connectivity index (χ2n) is 5.10. The first-order valence-corrected chi connectivity index (χ1v) is 5.40. The Morgan fingerprint density at radius 2 is 2.15 bits per heavy atom. The lowest BCUT2D eigenvalue weighted by Gasteiger charge is -2.32. The fourth-order valence-electron chi connectivity index (χ4n) is 2.16. The lowest BCUT2D eigenvalue weighted by Crippen LogP contribution is -2.36. The van der Waals surface area contributed by atoms with E-state index in [-0.39, 0.29) is 5.41 Å². The molecule has 1 unspecified atom stereocenters. The molecule has 2 nitrogen and oxygen atoms in total. The average Bonchev–Trinajstić information content (AvgIpc) is 2.35. The molecule has 1 aliphatic heterocycles. The van der Waals surface area contributed by atoms with Gasteiger partial charge in [0.2, 0.25) is 0 Å². The number of likely N-dealkylation sites (tertiary alicyclic amines) is 1. The predicted molar refractivity (Wildman–Crippen MR) is 55.8 cm³/mol. The molecule has 0 aromatic rings. The molecule has 0 aliphatic carbocycles. The number of nitrogens with zero attached hydrogens (tertiary/aromatic N) is 1. The van der Waals surface area contributed by atoms with E-state index in [0.29, 0.717) is 6.61 Å². The highest BCUT2D eigenvalue weighted by Crippen LogP contribution is 2.26. The molecule has 0 bridgehead atoms. The van der Waals surface area contributed by atoms with Crippen LogP contribution in [0.25, 0.3) is 0 Å². The molecule has 13 heavy (non-hydrogen) atoms. The third-order valence-electron chi connectivity index (χ3n) is 3.11. The van der Waals surface area contributed by atoms with Gasteiger partial charge in [-0.1, -0.05) is 13.8 Å². The summed E-state index contributed by atoms with van der Waals surface area (Å²) < 4.78 is 0. The minimum atomic E-state index is 0.271. The van der Waals surface area contributed by atoms with Crippen molar-refractivity contribution in [3.05, 3.63) is 0 Å². The summed E-state index contributed by atoms with van der Waals surface area (Å²) in [5.41, 5.74) is 0.271. The van der Waals surface area contributed by atoms with Crippen molar-refractivity contribution < 1.29 is 5.11 Å². The van der Waals surface area contributed by atoms with Gasteiger partial charge in [-0.3, -0.25) is 0 Å². The van der Waals surface area contributed by atoms with E-state index >= 15 is 0 Å². The molecular formula is C11H23NO. The van der Waals surface area contributed by atoms with Crippen LogP contribution >= 0.6 is 0 Å². The lowest BCUT2D eigenvalue weighted by molar-refractivity contribution is 0.136. The first-order chi connectivity index (χ1) is 6.05. The summed E-state index contributed by atoms with van der Waals surface area (Å²) in [4.78, 5) is 2.55. The first kappa shape index (κ1) is 11.0. The maximum absolute atomic E-state index is 8.92. The van der Waals surface area contributed by atoms with Crippen molar-refractivity contribution in [1.29, 1.82) is 0 Å².